The maximum absolute atomic E-state index is 13.2. The lowest BCUT2D eigenvalue weighted by Crippen LogP contribution is -2.46. The molecule has 4 rings (SSSR count). The summed E-state index contributed by atoms with van der Waals surface area (Å²) in [5.41, 5.74) is 1.03. The molecule has 0 unspecified atom stereocenters. The number of hydrogen-bond acceptors (Lipinski definition) is 5. The molecule has 144 valence electrons. The molecular weight excluding hydrogens is 356 g/mol. The van der Waals surface area contributed by atoms with Crippen molar-refractivity contribution in [2.75, 3.05) is 13.2 Å². The fourth-order valence-electron chi connectivity index (χ4n) is 3.18. The largest absolute Gasteiger partial charge is 0.485 e. The zero-order valence-corrected chi connectivity index (χ0v) is 15.5. The van der Waals surface area contributed by atoms with Gasteiger partial charge in [0.1, 0.15) is 6.61 Å². The molecule has 7 nitrogen and oxygen atoms in total. The Balaban J connectivity index is 1.44. The van der Waals surface area contributed by atoms with Crippen molar-refractivity contribution < 1.29 is 14.3 Å². The number of nitrogens with zero attached hydrogens (tertiary/aromatic N) is 4. The Morgan fingerprint density at radius 2 is 1.93 bits per heavy atom. The number of ether oxygens (including phenoxy) is 2. The number of imidazole rings is 1. The molecule has 0 N–H and O–H groups in total. The maximum atomic E-state index is 13.2. The maximum Gasteiger partial charge on any atom is 0.267 e. The van der Waals surface area contributed by atoms with E-state index in [2.05, 4.69) is 9.97 Å². The van der Waals surface area contributed by atoms with Gasteiger partial charge in [-0.15, -0.1) is 0 Å². The van der Waals surface area contributed by atoms with Gasteiger partial charge in [0.25, 0.3) is 5.91 Å². The van der Waals surface area contributed by atoms with Crippen molar-refractivity contribution in [2.45, 2.75) is 25.6 Å². The second-order valence-electron chi connectivity index (χ2n) is 6.63. The quantitative estimate of drug-likeness (QED) is 0.632. The summed E-state index contributed by atoms with van der Waals surface area (Å²) >= 11 is 0. The van der Waals surface area contributed by atoms with Crippen LogP contribution in [0.1, 0.15) is 12.0 Å². The molecule has 1 aliphatic heterocycles. The van der Waals surface area contributed by atoms with E-state index in [1.54, 1.807) is 24.9 Å². The zero-order chi connectivity index (χ0) is 19.2. The lowest BCUT2D eigenvalue weighted by molar-refractivity contribution is -0.142. The molecule has 1 atom stereocenters. The molecule has 0 fully saturated rings. The van der Waals surface area contributed by atoms with E-state index in [-0.39, 0.29) is 12.5 Å². The van der Waals surface area contributed by atoms with Gasteiger partial charge in [0.05, 0.1) is 6.33 Å². The lowest BCUT2D eigenvalue weighted by Gasteiger charge is -2.31. The number of aryl methyl sites for hydroxylation is 1. The van der Waals surface area contributed by atoms with Gasteiger partial charge >= 0.3 is 0 Å². The van der Waals surface area contributed by atoms with Crippen molar-refractivity contribution >= 4 is 5.91 Å². The molecule has 1 aliphatic rings. The zero-order valence-electron chi connectivity index (χ0n) is 15.5. The Kier molecular flexibility index (Phi) is 5.51. The highest BCUT2D eigenvalue weighted by Gasteiger charge is 2.31. The Morgan fingerprint density at radius 1 is 1.11 bits per heavy atom. The smallest absolute Gasteiger partial charge is 0.267 e. The van der Waals surface area contributed by atoms with E-state index in [0.29, 0.717) is 24.6 Å². The second kappa shape index (κ2) is 8.56. The monoisotopic (exact) mass is 378 g/mol. The van der Waals surface area contributed by atoms with Crippen molar-refractivity contribution in [1.82, 2.24) is 19.4 Å². The van der Waals surface area contributed by atoms with Gasteiger partial charge in [-0.1, -0.05) is 12.1 Å². The third-order valence-electron chi connectivity index (χ3n) is 4.62. The third kappa shape index (κ3) is 4.31. The predicted molar refractivity (Wildman–Crippen MR) is 103 cm³/mol. The van der Waals surface area contributed by atoms with Crippen molar-refractivity contribution in [2.24, 2.45) is 0 Å². The Bertz CT molecular complexity index is 899. The minimum atomic E-state index is -0.648. The topological polar surface area (TPSA) is 69.5 Å². The van der Waals surface area contributed by atoms with Crippen LogP contribution in [-0.2, 0) is 17.9 Å². The first-order valence-electron chi connectivity index (χ1n) is 9.31. The van der Waals surface area contributed by atoms with Crippen LogP contribution in [0, 0.1) is 0 Å². The van der Waals surface area contributed by atoms with Crippen LogP contribution in [0.5, 0.6) is 11.5 Å². The molecule has 7 heteroatoms. The number of amides is 1. The Hall–Kier alpha value is -3.35. The summed E-state index contributed by atoms with van der Waals surface area (Å²) in [7, 11) is 0. The highest BCUT2D eigenvalue weighted by Crippen LogP contribution is 2.31. The summed E-state index contributed by atoms with van der Waals surface area (Å²) in [5.74, 6) is 1.21. The van der Waals surface area contributed by atoms with Crippen LogP contribution in [0.25, 0.3) is 0 Å². The van der Waals surface area contributed by atoms with Crippen molar-refractivity contribution in [3.63, 3.8) is 0 Å². The number of fused-ring (bicyclic) bond motifs is 1. The van der Waals surface area contributed by atoms with Crippen molar-refractivity contribution in [3.05, 3.63) is 73.1 Å². The molecule has 0 bridgehead atoms. The van der Waals surface area contributed by atoms with Crippen LogP contribution in [0.3, 0.4) is 0 Å². The van der Waals surface area contributed by atoms with E-state index in [9.17, 15) is 4.79 Å². The summed E-state index contributed by atoms with van der Waals surface area (Å²) in [4.78, 5) is 23.1. The number of aromatic nitrogens is 3. The molecule has 3 aromatic rings. The van der Waals surface area contributed by atoms with E-state index < -0.39 is 6.10 Å². The highest BCUT2D eigenvalue weighted by atomic mass is 16.6. The Morgan fingerprint density at radius 3 is 2.71 bits per heavy atom. The van der Waals surface area contributed by atoms with Crippen LogP contribution in [0.4, 0.5) is 0 Å². The van der Waals surface area contributed by atoms with Crippen molar-refractivity contribution in [3.8, 4) is 11.5 Å². The molecule has 28 heavy (non-hydrogen) atoms. The van der Waals surface area contributed by atoms with Gasteiger partial charge < -0.3 is 18.9 Å². The molecule has 0 spiro atoms. The van der Waals surface area contributed by atoms with Crippen LogP contribution in [0.15, 0.2) is 67.5 Å². The van der Waals surface area contributed by atoms with E-state index >= 15 is 0 Å². The molecule has 0 saturated heterocycles. The lowest BCUT2D eigenvalue weighted by atomic mass is 10.2. The normalized spacial score (nSPS) is 15.2. The average molecular weight is 378 g/mol. The van der Waals surface area contributed by atoms with Gasteiger partial charge in [0, 0.05) is 44.4 Å². The van der Waals surface area contributed by atoms with E-state index in [0.717, 1.165) is 18.5 Å². The molecule has 1 amide bonds. The highest BCUT2D eigenvalue weighted by molar-refractivity contribution is 5.82. The second-order valence-corrected chi connectivity index (χ2v) is 6.63. The minimum absolute atomic E-state index is 0.0723. The average Bonchev–Trinajstić information content (AvgIpc) is 3.26. The first kappa shape index (κ1) is 18.0. The number of rotatable bonds is 7. The standard InChI is InChI=1S/C21H22N4O3/c26-21(20-15-27-18-4-1-2-5-19(18)28-20)25(14-17-6-8-22-9-7-17)12-3-11-24-13-10-23-16-24/h1-2,4-10,13,16,20H,3,11-12,14-15H2/t20-/m0/s1. The fraction of sp³-hybridized carbons (Fsp3) is 0.286. The summed E-state index contributed by atoms with van der Waals surface area (Å²) in [5, 5.41) is 0. The number of pyridine rings is 1. The van der Waals surface area contributed by atoms with Gasteiger partial charge in [-0.25, -0.2) is 4.98 Å². The first-order valence-corrected chi connectivity index (χ1v) is 9.31. The number of hydrogen-bond donors (Lipinski definition) is 0. The number of benzene rings is 1. The van der Waals surface area contributed by atoms with Crippen LogP contribution in [-0.4, -0.2) is 44.6 Å². The summed E-state index contributed by atoms with van der Waals surface area (Å²) in [6.07, 6.45) is 9.10. The number of para-hydroxylation sites is 2. The molecule has 0 aliphatic carbocycles. The van der Waals surface area contributed by atoms with Gasteiger partial charge in [-0.2, -0.15) is 0 Å². The summed E-state index contributed by atoms with van der Waals surface area (Å²) < 4.78 is 13.7. The van der Waals surface area contributed by atoms with Crippen LogP contribution in [0.2, 0.25) is 0 Å². The van der Waals surface area contributed by atoms with E-state index in [1.807, 2.05) is 52.1 Å². The molecular formula is C21H22N4O3. The van der Waals surface area contributed by atoms with Gasteiger partial charge in [0.2, 0.25) is 6.10 Å². The number of carbonyl (C=O) groups is 1. The molecule has 2 aromatic heterocycles. The minimum Gasteiger partial charge on any atom is -0.485 e. The summed E-state index contributed by atoms with van der Waals surface area (Å²) in [6.45, 7) is 2.13. The van der Waals surface area contributed by atoms with Crippen molar-refractivity contribution in [1.29, 1.82) is 0 Å². The SMILES string of the molecule is O=C([C@@H]1COc2ccccc2O1)N(CCCn1ccnc1)Cc1ccncc1. The third-order valence-corrected chi connectivity index (χ3v) is 4.62. The van der Waals surface area contributed by atoms with E-state index in [4.69, 9.17) is 9.47 Å². The first-order chi connectivity index (χ1) is 13.8. The van der Waals surface area contributed by atoms with Gasteiger partial charge in [0.15, 0.2) is 11.5 Å². The summed E-state index contributed by atoms with van der Waals surface area (Å²) in [6, 6.07) is 11.3. The molecule has 0 radical (unpaired) electrons. The van der Waals surface area contributed by atoms with Gasteiger partial charge in [-0.05, 0) is 36.2 Å². The molecule has 0 saturated carbocycles. The molecule has 1 aromatic carbocycles. The fourth-order valence-corrected chi connectivity index (χ4v) is 3.18. The van der Waals surface area contributed by atoms with Gasteiger partial charge in [-0.3, -0.25) is 9.78 Å². The van der Waals surface area contributed by atoms with Crippen LogP contribution < -0.4 is 9.47 Å². The predicted octanol–water partition coefficient (Wildman–Crippen LogP) is 2.54. The van der Waals surface area contributed by atoms with Crippen LogP contribution >= 0.6 is 0 Å². The van der Waals surface area contributed by atoms with E-state index in [1.165, 1.54) is 0 Å². The number of carbonyl (C=O) groups excluding carboxylic acids is 1. The Labute approximate surface area is 163 Å². The molecule has 3 heterocycles.